The van der Waals surface area contributed by atoms with E-state index in [9.17, 15) is 0 Å². The van der Waals surface area contributed by atoms with Gasteiger partial charge in [0.1, 0.15) is 0 Å². The molecule has 0 aliphatic rings. The lowest BCUT2D eigenvalue weighted by atomic mass is 10.1. The van der Waals surface area contributed by atoms with Crippen LogP contribution in [0.1, 0.15) is 34.6 Å². The quantitative estimate of drug-likeness (QED) is 0.467. The van der Waals surface area contributed by atoms with Gasteiger partial charge in [-0.05, 0) is 11.6 Å². The van der Waals surface area contributed by atoms with E-state index < -0.39 is 0 Å². The van der Waals surface area contributed by atoms with Gasteiger partial charge in [-0.3, -0.25) is 0 Å². The minimum absolute atomic E-state index is 0. The first-order chi connectivity index (χ1) is 2.56. The zero-order valence-corrected chi connectivity index (χ0v) is 5.94. The summed E-state index contributed by atoms with van der Waals surface area (Å²) in [6.07, 6.45) is 1.23. The molecule has 0 aliphatic carbocycles. The second-order valence-corrected chi connectivity index (χ2v) is 3.91. The molecule has 0 nitrogen and oxygen atoms in total. The fraction of sp³-hybridized carbons (Fsp3) is 1.00. The topological polar surface area (TPSA) is 0 Å². The zero-order chi connectivity index (χ0) is 5.21. The molecule has 1 unspecified atom stereocenters. The Labute approximate surface area is 49.9 Å². The van der Waals surface area contributed by atoms with Crippen LogP contribution in [0.25, 0.3) is 0 Å². The van der Waals surface area contributed by atoms with E-state index in [1.165, 1.54) is 6.42 Å². The summed E-state index contributed by atoms with van der Waals surface area (Å²) >= 11 is 0. The van der Waals surface area contributed by atoms with Crippen LogP contribution in [0.4, 0.5) is 0 Å². The van der Waals surface area contributed by atoms with Crippen LogP contribution in [0.2, 0.25) is 0 Å². The summed E-state index contributed by atoms with van der Waals surface area (Å²) in [5.74, 6) is 0. The SMILES string of the molecule is C.CCC(C)(C)P. The van der Waals surface area contributed by atoms with E-state index in [1.54, 1.807) is 0 Å². The molecular formula is C6H17P. The van der Waals surface area contributed by atoms with Crippen LogP contribution < -0.4 is 0 Å². The summed E-state index contributed by atoms with van der Waals surface area (Å²) in [7, 11) is 2.79. The van der Waals surface area contributed by atoms with Crippen molar-refractivity contribution in [2.45, 2.75) is 39.8 Å². The van der Waals surface area contributed by atoms with Gasteiger partial charge < -0.3 is 0 Å². The maximum atomic E-state index is 2.79. The maximum absolute atomic E-state index is 2.79. The van der Waals surface area contributed by atoms with E-state index in [2.05, 4.69) is 30.0 Å². The summed E-state index contributed by atoms with van der Waals surface area (Å²) in [4.78, 5) is 0. The molecule has 0 aliphatic heterocycles. The Morgan fingerprint density at radius 3 is 1.57 bits per heavy atom. The van der Waals surface area contributed by atoms with Gasteiger partial charge in [0.05, 0.1) is 0 Å². The van der Waals surface area contributed by atoms with Crippen LogP contribution in [0, 0.1) is 0 Å². The second-order valence-electron chi connectivity index (χ2n) is 2.34. The Balaban J connectivity index is 0. The monoisotopic (exact) mass is 120 g/mol. The first-order valence-electron chi connectivity index (χ1n) is 2.35. The van der Waals surface area contributed by atoms with Gasteiger partial charge in [-0.15, -0.1) is 9.24 Å². The van der Waals surface area contributed by atoms with Crippen LogP contribution in [0.5, 0.6) is 0 Å². The summed E-state index contributed by atoms with van der Waals surface area (Å²) in [5, 5.41) is 0.458. The Hall–Kier alpha value is 0.430. The minimum atomic E-state index is 0. The molecule has 0 amide bonds. The number of rotatable bonds is 1. The molecule has 0 bridgehead atoms. The van der Waals surface area contributed by atoms with Crippen LogP contribution in [0.15, 0.2) is 0 Å². The fourth-order valence-electron chi connectivity index (χ4n) is 0. The maximum Gasteiger partial charge on any atom is -0.0209 e. The molecule has 1 heteroatoms. The first-order valence-corrected chi connectivity index (χ1v) is 2.93. The van der Waals surface area contributed by atoms with Crippen LogP contribution in [0.3, 0.4) is 0 Å². The van der Waals surface area contributed by atoms with E-state index >= 15 is 0 Å². The molecule has 0 fully saturated rings. The summed E-state index contributed by atoms with van der Waals surface area (Å²) in [6, 6.07) is 0. The Bertz CT molecular complexity index is 33.9. The van der Waals surface area contributed by atoms with Gasteiger partial charge in [0.15, 0.2) is 0 Å². The van der Waals surface area contributed by atoms with Crippen molar-refractivity contribution in [2.75, 3.05) is 0 Å². The normalized spacial score (nSPS) is 10.3. The number of hydrogen-bond acceptors (Lipinski definition) is 0. The average Bonchev–Trinajstić information content (AvgIpc) is 1.35. The molecule has 0 aromatic heterocycles. The van der Waals surface area contributed by atoms with Gasteiger partial charge in [-0.2, -0.15) is 0 Å². The molecule has 0 spiro atoms. The van der Waals surface area contributed by atoms with Gasteiger partial charge in [0.2, 0.25) is 0 Å². The van der Waals surface area contributed by atoms with E-state index in [4.69, 9.17) is 0 Å². The third-order valence-electron chi connectivity index (χ3n) is 0.911. The van der Waals surface area contributed by atoms with E-state index in [-0.39, 0.29) is 7.43 Å². The largest absolute Gasteiger partial charge is 0.132 e. The van der Waals surface area contributed by atoms with Crippen LogP contribution in [-0.2, 0) is 0 Å². The van der Waals surface area contributed by atoms with Crippen molar-refractivity contribution in [2.24, 2.45) is 0 Å². The lowest BCUT2D eigenvalue weighted by Crippen LogP contribution is -2.04. The van der Waals surface area contributed by atoms with Gasteiger partial charge in [-0.25, -0.2) is 0 Å². The molecule has 0 radical (unpaired) electrons. The minimum Gasteiger partial charge on any atom is -0.132 e. The van der Waals surface area contributed by atoms with Crippen molar-refractivity contribution in [3.63, 3.8) is 0 Å². The van der Waals surface area contributed by atoms with Crippen LogP contribution in [-0.4, -0.2) is 5.16 Å². The van der Waals surface area contributed by atoms with Crippen LogP contribution >= 0.6 is 9.24 Å². The molecule has 0 saturated heterocycles. The highest BCUT2D eigenvalue weighted by atomic mass is 31.0. The highest BCUT2D eigenvalue weighted by Gasteiger charge is 2.03. The molecule has 1 atom stereocenters. The highest BCUT2D eigenvalue weighted by molar-refractivity contribution is 7.18. The summed E-state index contributed by atoms with van der Waals surface area (Å²) in [6.45, 7) is 6.60. The van der Waals surface area contributed by atoms with E-state index in [0.29, 0.717) is 5.16 Å². The molecule has 0 aromatic carbocycles. The summed E-state index contributed by atoms with van der Waals surface area (Å²) < 4.78 is 0. The molecule has 7 heavy (non-hydrogen) atoms. The molecular weight excluding hydrogens is 103 g/mol. The molecule has 0 heterocycles. The standard InChI is InChI=1S/C5H13P.CH4/c1-4-5(2,3)6;/h4,6H2,1-3H3;1H4. The van der Waals surface area contributed by atoms with Gasteiger partial charge in [0.25, 0.3) is 0 Å². The Morgan fingerprint density at radius 1 is 1.43 bits per heavy atom. The predicted molar refractivity (Wildman–Crippen MR) is 40.8 cm³/mol. The molecule has 0 rings (SSSR count). The van der Waals surface area contributed by atoms with Crippen molar-refractivity contribution in [1.29, 1.82) is 0 Å². The van der Waals surface area contributed by atoms with Gasteiger partial charge >= 0.3 is 0 Å². The van der Waals surface area contributed by atoms with Crippen molar-refractivity contribution < 1.29 is 0 Å². The molecule has 46 valence electrons. The van der Waals surface area contributed by atoms with E-state index in [0.717, 1.165) is 0 Å². The molecule has 0 saturated carbocycles. The van der Waals surface area contributed by atoms with Crippen molar-refractivity contribution in [1.82, 2.24) is 0 Å². The fourth-order valence-corrected chi connectivity index (χ4v) is 0. The lowest BCUT2D eigenvalue weighted by Gasteiger charge is -2.12. The average molecular weight is 120 g/mol. The van der Waals surface area contributed by atoms with Gasteiger partial charge in [0, 0.05) is 0 Å². The van der Waals surface area contributed by atoms with Gasteiger partial charge in [-0.1, -0.05) is 28.2 Å². The third-order valence-corrected chi connectivity index (χ3v) is 1.32. The number of hydrogen-bond donors (Lipinski definition) is 0. The Morgan fingerprint density at radius 2 is 1.57 bits per heavy atom. The zero-order valence-electron chi connectivity index (χ0n) is 4.78. The van der Waals surface area contributed by atoms with Crippen molar-refractivity contribution in [3.05, 3.63) is 0 Å². The Kier molecular flexibility index (Phi) is 5.11. The lowest BCUT2D eigenvalue weighted by molar-refractivity contribution is 0.685. The smallest absolute Gasteiger partial charge is 0.0209 e. The first kappa shape index (κ1) is 10.4. The molecule has 0 aromatic rings. The predicted octanol–water partition coefficient (Wildman–Crippen LogP) is 2.69. The molecule has 0 N–H and O–H groups in total. The second kappa shape index (κ2) is 3.43. The van der Waals surface area contributed by atoms with Crippen molar-refractivity contribution >= 4 is 9.24 Å². The van der Waals surface area contributed by atoms with Crippen molar-refractivity contribution in [3.8, 4) is 0 Å². The highest BCUT2D eigenvalue weighted by Crippen LogP contribution is 2.18. The third kappa shape index (κ3) is 10.7. The summed E-state index contributed by atoms with van der Waals surface area (Å²) in [5.41, 5.74) is 0. The van der Waals surface area contributed by atoms with E-state index in [1.807, 2.05) is 0 Å².